The van der Waals surface area contributed by atoms with Crippen LogP contribution < -0.4 is 0 Å². The summed E-state index contributed by atoms with van der Waals surface area (Å²) in [5, 5.41) is 6.19. The molecular weight excluding hydrogens is 445 g/mol. The number of hydrogen-bond acceptors (Lipinski definition) is 4. The van der Waals surface area contributed by atoms with E-state index in [2.05, 4.69) is 15.1 Å². The van der Waals surface area contributed by atoms with Gasteiger partial charge in [-0.3, -0.25) is 9.48 Å². The Labute approximate surface area is 196 Å². The summed E-state index contributed by atoms with van der Waals surface area (Å²) in [5.74, 6) is 0.171. The molecule has 1 amide bonds. The highest BCUT2D eigenvalue weighted by atomic mass is 35.5. The van der Waals surface area contributed by atoms with Crippen LogP contribution in [0.2, 0.25) is 10.0 Å². The number of benzene rings is 2. The van der Waals surface area contributed by atoms with Gasteiger partial charge in [0.2, 0.25) is 0 Å². The molecule has 4 aromatic rings. The zero-order chi connectivity index (χ0) is 23.0. The Balaban J connectivity index is 1.80. The standard InChI is InChI=1S/C24H23Cl2N5O/c1-5-31-15(3)19(14(2)29-31)13-30(4)24(32)22-18-12-16(25)10-11-21(18)27-23(28-22)17-8-6-7-9-20(17)26/h6-12H,5,13H2,1-4H3. The fourth-order valence-corrected chi connectivity index (χ4v) is 4.18. The van der Waals surface area contributed by atoms with Crippen molar-refractivity contribution in [2.75, 3.05) is 7.05 Å². The second-order valence-corrected chi connectivity index (χ2v) is 8.51. The van der Waals surface area contributed by atoms with Gasteiger partial charge in [0.1, 0.15) is 5.69 Å². The van der Waals surface area contributed by atoms with Crippen LogP contribution >= 0.6 is 23.2 Å². The van der Waals surface area contributed by atoms with Crippen LogP contribution in [0, 0.1) is 13.8 Å². The Morgan fingerprint density at radius 3 is 2.53 bits per heavy atom. The van der Waals surface area contributed by atoms with E-state index < -0.39 is 0 Å². The monoisotopic (exact) mass is 467 g/mol. The van der Waals surface area contributed by atoms with E-state index in [1.165, 1.54) is 0 Å². The lowest BCUT2D eigenvalue weighted by Crippen LogP contribution is -2.28. The van der Waals surface area contributed by atoms with Crippen LogP contribution in [0.15, 0.2) is 42.5 Å². The van der Waals surface area contributed by atoms with E-state index in [0.29, 0.717) is 38.9 Å². The third-order valence-electron chi connectivity index (χ3n) is 5.55. The van der Waals surface area contributed by atoms with Gasteiger partial charge in [-0.1, -0.05) is 35.3 Å². The number of hydrogen-bond donors (Lipinski definition) is 0. The van der Waals surface area contributed by atoms with Crippen molar-refractivity contribution in [3.8, 4) is 11.4 Å². The number of amides is 1. The van der Waals surface area contributed by atoms with Gasteiger partial charge >= 0.3 is 0 Å². The lowest BCUT2D eigenvalue weighted by atomic mass is 10.1. The molecule has 0 saturated carbocycles. The molecular formula is C24H23Cl2N5O. The van der Waals surface area contributed by atoms with Gasteiger partial charge in [-0.2, -0.15) is 5.10 Å². The second-order valence-electron chi connectivity index (χ2n) is 7.66. The summed E-state index contributed by atoms with van der Waals surface area (Å²) in [6.07, 6.45) is 0. The van der Waals surface area contributed by atoms with Gasteiger partial charge in [0.05, 0.1) is 16.2 Å². The molecule has 0 bridgehead atoms. The molecule has 0 aliphatic rings. The molecule has 2 aromatic carbocycles. The van der Waals surface area contributed by atoms with Crippen LogP contribution in [-0.2, 0) is 13.1 Å². The maximum atomic E-state index is 13.6. The molecule has 0 spiro atoms. The zero-order valence-electron chi connectivity index (χ0n) is 18.4. The molecule has 8 heteroatoms. The lowest BCUT2D eigenvalue weighted by Gasteiger charge is -2.19. The summed E-state index contributed by atoms with van der Waals surface area (Å²) in [7, 11) is 1.76. The Bertz CT molecular complexity index is 1330. The average molecular weight is 468 g/mol. The van der Waals surface area contributed by atoms with E-state index in [-0.39, 0.29) is 11.6 Å². The molecule has 0 aliphatic heterocycles. The van der Waals surface area contributed by atoms with Crippen molar-refractivity contribution in [3.63, 3.8) is 0 Å². The topological polar surface area (TPSA) is 63.9 Å². The van der Waals surface area contributed by atoms with E-state index in [0.717, 1.165) is 23.5 Å². The maximum Gasteiger partial charge on any atom is 0.273 e. The van der Waals surface area contributed by atoms with Crippen LogP contribution in [0.1, 0.15) is 34.4 Å². The van der Waals surface area contributed by atoms with Gasteiger partial charge < -0.3 is 4.90 Å². The molecule has 0 N–H and O–H groups in total. The highest BCUT2D eigenvalue weighted by Crippen LogP contribution is 2.29. The van der Waals surface area contributed by atoms with E-state index in [1.54, 1.807) is 36.2 Å². The first-order valence-corrected chi connectivity index (χ1v) is 11.1. The largest absolute Gasteiger partial charge is 0.336 e. The number of aryl methyl sites for hydroxylation is 2. The number of carbonyl (C=O) groups excluding carboxylic acids is 1. The Hall–Kier alpha value is -2.96. The van der Waals surface area contributed by atoms with Gasteiger partial charge in [-0.25, -0.2) is 9.97 Å². The molecule has 2 aromatic heterocycles. The molecule has 32 heavy (non-hydrogen) atoms. The van der Waals surface area contributed by atoms with Crippen molar-refractivity contribution in [2.24, 2.45) is 0 Å². The normalized spacial score (nSPS) is 11.2. The van der Waals surface area contributed by atoms with Crippen LogP contribution in [0.5, 0.6) is 0 Å². The van der Waals surface area contributed by atoms with E-state index in [9.17, 15) is 4.79 Å². The molecule has 0 saturated heterocycles. The minimum absolute atomic E-state index is 0.226. The highest BCUT2D eigenvalue weighted by Gasteiger charge is 2.22. The Morgan fingerprint density at radius 1 is 1.09 bits per heavy atom. The average Bonchev–Trinajstić information content (AvgIpc) is 3.05. The first-order valence-electron chi connectivity index (χ1n) is 10.3. The van der Waals surface area contributed by atoms with Gasteiger partial charge in [0.15, 0.2) is 5.82 Å². The van der Waals surface area contributed by atoms with Crippen molar-refractivity contribution in [2.45, 2.75) is 33.9 Å². The van der Waals surface area contributed by atoms with Crippen molar-refractivity contribution in [1.82, 2.24) is 24.6 Å². The van der Waals surface area contributed by atoms with Gasteiger partial charge in [-0.05, 0) is 51.1 Å². The summed E-state index contributed by atoms with van der Waals surface area (Å²) >= 11 is 12.6. The number of fused-ring (bicyclic) bond motifs is 1. The van der Waals surface area contributed by atoms with Crippen molar-refractivity contribution < 1.29 is 4.79 Å². The second kappa shape index (κ2) is 8.88. The number of aromatic nitrogens is 4. The van der Waals surface area contributed by atoms with Crippen molar-refractivity contribution >= 4 is 40.0 Å². The van der Waals surface area contributed by atoms with E-state index in [4.69, 9.17) is 23.2 Å². The number of rotatable bonds is 5. The van der Waals surface area contributed by atoms with Crippen molar-refractivity contribution in [3.05, 3.63) is 75.2 Å². The molecule has 0 unspecified atom stereocenters. The first-order chi connectivity index (χ1) is 15.3. The predicted molar refractivity (Wildman–Crippen MR) is 128 cm³/mol. The molecule has 0 atom stereocenters. The third kappa shape index (κ3) is 4.08. The zero-order valence-corrected chi connectivity index (χ0v) is 19.9. The van der Waals surface area contributed by atoms with Crippen molar-refractivity contribution in [1.29, 1.82) is 0 Å². The summed E-state index contributed by atoms with van der Waals surface area (Å²) in [6, 6.07) is 12.6. The van der Waals surface area contributed by atoms with Crippen LogP contribution in [0.25, 0.3) is 22.3 Å². The van der Waals surface area contributed by atoms with E-state index >= 15 is 0 Å². The molecule has 2 heterocycles. The molecule has 0 aliphatic carbocycles. The maximum absolute atomic E-state index is 13.6. The Morgan fingerprint density at radius 2 is 1.84 bits per heavy atom. The van der Waals surface area contributed by atoms with Crippen LogP contribution in [0.4, 0.5) is 0 Å². The smallest absolute Gasteiger partial charge is 0.273 e. The van der Waals surface area contributed by atoms with Gasteiger partial charge in [0.25, 0.3) is 5.91 Å². The minimum Gasteiger partial charge on any atom is -0.336 e. The lowest BCUT2D eigenvalue weighted by molar-refractivity contribution is 0.0781. The molecule has 0 radical (unpaired) electrons. The van der Waals surface area contributed by atoms with E-state index in [1.807, 2.05) is 43.7 Å². The predicted octanol–water partition coefficient (Wildman–Crippen LogP) is 5.71. The summed E-state index contributed by atoms with van der Waals surface area (Å²) in [4.78, 5) is 24.5. The summed E-state index contributed by atoms with van der Waals surface area (Å²) < 4.78 is 1.94. The Kier molecular flexibility index (Phi) is 6.17. The van der Waals surface area contributed by atoms with Gasteiger partial charge in [0, 0.05) is 47.4 Å². The molecule has 0 fully saturated rings. The molecule has 4 rings (SSSR count). The number of halogens is 2. The third-order valence-corrected chi connectivity index (χ3v) is 6.11. The van der Waals surface area contributed by atoms with Crippen LogP contribution in [-0.4, -0.2) is 37.6 Å². The van der Waals surface area contributed by atoms with Gasteiger partial charge in [-0.15, -0.1) is 0 Å². The number of nitrogens with zero attached hydrogens (tertiary/aromatic N) is 5. The fourth-order valence-electron chi connectivity index (χ4n) is 3.79. The molecule has 6 nitrogen and oxygen atoms in total. The summed E-state index contributed by atoms with van der Waals surface area (Å²) in [5.41, 5.74) is 4.58. The quantitative estimate of drug-likeness (QED) is 0.377. The number of carbonyl (C=O) groups is 1. The summed E-state index contributed by atoms with van der Waals surface area (Å²) in [6.45, 7) is 7.23. The first kappa shape index (κ1) is 22.2. The van der Waals surface area contributed by atoms with Crippen LogP contribution in [0.3, 0.4) is 0 Å². The SMILES string of the molecule is CCn1nc(C)c(CN(C)C(=O)c2nc(-c3ccccc3Cl)nc3ccc(Cl)cc23)c1C. The highest BCUT2D eigenvalue weighted by molar-refractivity contribution is 6.33. The minimum atomic E-state index is -0.226. The molecule has 164 valence electrons. The fraction of sp³-hybridized carbons (Fsp3) is 0.250.